The molecule has 0 saturated heterocycles. The third-order valence-corrected chi connectivity index (χ3v) is 3.13. The number of carbonyl (C=O) groups excluding carboxylic acids is 2. The fourth-order valence-corrected chi connectivity index (χ4v) is 2.07. The molecule has 6 nitrogen and oxygen atoms in total. The van der Waals surface area contributed by atoms with Crippen LogP contribution in [0.25, 0.3) is 0 Å². The topological polar surface area (TPSA) is 90.2 Å². The van der Waals surface area contributed by atoms with E-state index in [0.29, 0.717) is 11.4 Å². The van der Waals surface area contributed by atoms with Gasteiger partial charge < -0.3 is 0 Å². The van der Waals surface area contributed by atoms with E-state index in [1.54, 1.807) is 42.6 Å². The maximum absolute atomic E-state index is 12.4. The van der Waals surface area contributed by atoms with Gasteiger partial charge in [-0.05, 0) is 6.07 Å². The van der Waals surface area contributed by atoms with Crippen molar-refractivity contribution in [2.24, 2.45) is 0 Å². The van der Waals surface area contributed by atoms with Crippen LogP contribution in [-0.4, -0.2) is 16.7 Å². The van der Waals surface area contributed by atoms with E-state index in [4.69, 9.17) is 0 Å². The molecule has 108 valence electrons. The van der Waals surface area contributed by atoms with Crippen LogP contribution in [0.1, 0.15) is 26.5 Å². The third kappa shape index (κ3) is 2.76. The van der Waals surface area contributed by atoms with Gasteiger partial charge in [0, 0.05) is 11.6 Å². The third-order valence-electron chi connectivity index (χ3n) is 3.13. The van der Waals surface area contributed by atoms with Crippen molar-refractivity contribution in [2.75, 3.05) is 5.32 Å². The van der Waals surface area contributed by atoms with Gasteiger partial charge in [-0.25, -0.2) is 25.1 Å². The molecule has 1 aromatic carbocycles. The lowest BCUT2D eigenvalue weighted by Gasteiger charge is -1.97. The highest BCUT2D eigenvalue weighted by Gasteiger charge is 2.29. The molecule has 6 heteroatoms. The second-order valence-corrected chi connectivity index (χ2v) is 4.61. The first-order valence-corrected chi connectivity index (χ1v) is 6.72. The Balaban J connectivity index is 1.86. The first-order valence-electron chi connectivity index (χ1n) is 6.72. The van der Waals surface area contributed by atoms with Crippen LogP contribution in [0.15, 0.2) is 61.1 Å². The zero-order chi connectivity index (χ0) is 15.4. The number of H-pyrrole nitrogens is 3. The highest BCUT2D eigenvalue weighted by molar-refractivity contribution is 6.14. The van der Waals surface area contributed by atoms with Gasteiger partial charge in [-0.3, -0.25) is 4.79 Å². The molecular weight excluding hydrogens is 280 g/mol. The van der Waals surface area contributed by atoms with Gasteiger partial charge in [-0.2, -0.15) is 0 Å². The molecule has 0 aliphatic heterocycles. The summed E-state index contributed by atoms with van der Waals surface area (Å²) in [6.07, 6.45) is 3.16. The number of aromatic amines is 3. The Bertz CT molecular complexity index is 797. The Kier molecular flexibility index (Phi) is 3.74. The van der Waals surface area contributed by atoms with E-state index < -0.39 is 5.91 Å². The summed E-state index contributed by atoms with van der Waals surface area (Å²) < 4.78 is 0. The van der Waals surface area contributed by atoms with Crippen molar-refractivity contribution in [1.82, 2.24) is 4.98 Å². The maximum Gasteiger partial charge on any atom is 0.383 e. The molecule has 3 rings (SSSR count). The molecule has 0 radical (unpaired) electrons. The van der Waals surface area contributed by atoms with E-state index >= 15 is 0 Å². The van der Waals surface area contributed by atoms with Gasteiger partial charge in [-0.15, -0.1) is 0 Å². The predicted octanol–water partition coefficient (Wildman–Crippen LogP) is 1.13. The number of hydrogen-bond acceptors (Lipinski definition) is 2. The van der Waals surface area contributed by atoms with Crippen LogP contribution in [0.2, 0.25) is 0 Å². The summed E-state index contributed by atoms with van der Waals surface area (Å²) in [4.78, 5) is 33.2. The van der Waals surface area contributed by atoms with Crippen LogP contribution in [0.4, 0.5) is 5.82 Å². The van der Waals surface area contributed by atoms with Gasteiger partial charge in [0.05, 0.1) is 6.20 Å². The number of carbonyl (C=O) groups is 2. The molecule has 0 bridgehead atoms. The number of rotatable bonds is 4. The Morgan fingerprint density at radius 2 is 1.73 bits per heavy atom. The molecule has 0 fully saturated rings. The highest BCUT2D eigenvalue weighted by atomic mass is 16.2. The fourth-order valence-electron chi connectivity index (χ4n) is 2.07. The van der Waals surface area contributed by atoms with Crippen LogP contribution < -0.4 is 15.3 Å². The number of amides is 1. The fraction of sp³-hybridized carbons (Fsp3) is 0. The lowest BCUT2D eigenvalue weighted by molar-refractivity contribution is -0.379. The van der Waals surface area contributed by atoms with Crippen LogP contribution in [0.5, 0.6) is 0 Å². The second-order valence-electron chi connectivity index (χ2n) is 4.61. The SMILES string of the molecule is O=C(Nc1cccc[nH+]1)c1[nH]c[nH+]c1C(=O)c1ccccc1. The molecular formula is C16H14N4O2+2. The number of hydrogen-bond donors (Lipinski definition) is 2. The van der Waals surface area contributed by atoms with Crippen molar-refractivity contribution in [3.63, 3.8) is 0 Å². The number of anilines is 1. The van der Waals surface area contributed by atoms with Crippen molar-refractivity contribution >= 4 is 17.5 Å². The minimum Gasteiger partial charge on any atom is -0.284 e. The quantitative estimate of drug-likeness (QED) is 0.706. The van der Waals surface area contributed by atoms with Crippen LogP contribution in [0, 0.1) is 0 Å². The van der Waals surface area contributed by atoms with E-state index in [-0.39, 0.29) is 17.2 Å². The van der Waals surface area contributed by atoms with Gasteiger partial charge >= 0.3 is 5.91 Å². The average molecular weight is 294 g/mol. The largest absolute Gasteiger partial charge is 0.383 e. The Labute approximate surface area is 126 Å². The van der Waals surface area contributed by atoms with Gasteiger partial charge in [0.25, 0.3) is 11.5 Å². The predicted molar refractivity (Wildman–Crippen MR) is 78.2 cm³/mol. The maximum atomic E-state index is 12.4. The number of imidazole rings is 1. The summed E-state index contributed by atoms with van der Waals surface area (Å²) >= 11 is 0. The number of aromatic nitrogens is 3. The number of benzene rings is 1. The molecule has 0 aliphatic rings. The number of ketones is 1. The molecule has 3 aromatic rings. The molecule has 1 amide bonds. The van der Waals surface area contributed by atoms with Crippen molar-refractivity contribution in [3.05, 3.63) is 78.0 Å². The number of nitrogens with one attached hydrogen (secondary N) is 4. The molecule has 2 heterocycles. The Morgan fingerprint density at radius 1 is 0.955 bits per heavy atom. The first-order chi connectivity index (χ1) is 10.8. The van der Waals surface area contributed by atoms with Crippen molar-refractivity contribution < 1.29 is 19.6 Å². The van der Waals surface area contributed by atoms with E-state index in [2.05, 4.69) is 20.3 Å². The van der Waals surface area contributed by atoms with Crippen LogP contribution in [0.3, 0.4) is 0 Å². The van der Waals surface area contributed by atoms with Gasteiger partial charge in [0.1, 0.15) is 0 Å². The first kappa shape index (κ1) is 13.7. The average Bonchev–Trinajstić information content (AvgIpc) is 3.05. The second kappa shape index (κ2) is 6.01. The monoisotopic (exact) mass is 294 g/mol. The minimum atomic E-state index is -0.400. The van der Waals surface area contributed by atoms with Crippen LogP contribution >= 0.6 is 0 Å². The van der Waals surface area contributed by atoms with E-state index in [9.17, 15) is 9.59 Å². The summed E-state index contributed by atoms with van der Waals surface area (Å²) in [5.41, 5.74) is 0.921. The highest BCUT2D eigenvalue weighted by Crippen LogP contribution is 2.10. The summed E-state index contributed by atoms with van der Waals surface area (Å²) in [6, 6.07) is 14.1. The molecule has 0 atom stereocenters. The van der Waals surface area contributed by atoms with E-state index in [1.165, 1.54) is 6.33 Å². The zero-order valence-electron chi connectivity index (χ0n) is 11.6. The van der Waals surface area contributed by atoms with Crippen LogP contribution in [-0.2, 0) is 0 Å². The van der Waals surface area contributed by atoms with Crippen molar-refractivity contribution in [2.45, 2.75) is 0 Å². The van der Waals surface area contributed by atoms with Gasteiger partial charge in [0.2, 0.25) is 17.8 Å². The summed E-state index contributed by atoms with van der Waals surface area (Å²) in [5.74, 6) is -0.104. The molecule has 22 heavy (non-hydrogen) atoms. The normalized spacial score (nSPS) is 10.2. The van der Waals surface area contributed by atoms with Gasteiger partial charge in [0.15, 0.2) is 0 Å². The lowest BCUT2D eigenvalue weighted by Crippen LogP contribution is -2.23. The van der Waals surface area contributed by atoms with Crippen molar-refractivity contribution in [3.8, 4) is 0 Å². The lowest BCUT2D eigenvalue weighted by atomic mass is 10.1. The molecule has 4 N–H and O–H groups in total. The van der Waals surface area contributed by atoms with E-state index in [0.717, 1.165) is 0 Å². The Hall–Kier alpha value is -3.28. The standard InChI is InChI=1S/C16H12N4O2/c21-15(11-6-2-1-3-7-11)13-14(19-10-18-13)16(22)20-12-8-4-5-9-17-12/h1-10H,(H,18,19)(H,17,20,22)/p+2. The molecule has 0 aliphatic carbocycles. The summed E-state index contributed by atoms with van der Waals surface area (Å²) in [6.45, 7) is 0. The Morgan fingerprint density at radius 3 is 2.45 bits per heavy atom. The molecule has 0 unspecified atom stereocenters. The van der Waals surface area contributed by atoms with Crippen molar-refractivity contribution in [1.29, 1.82) is 0 Å². The molecule has 0 saturated carbocycles. The number of pyridine rings is 1. The summed E-state index contributed by atoms with van der Waals surface area (Å²) in [5, 5.41) is 2.69. The zero-order valence-corrected chi connectivity index (χ0v) is 11.6. The van der Waals surface area contributed by atoms with E-state index in [1.807, 2.05) is 12.1 Å². The minimum absolute atomic E-state index is 0.186. The molecule has 0 spiro atoms. The van der Waals surface area contributed by atoms with Gasteiger partial charge in [-0.1, -0.05) is 36.4 Å². The molecule has 2 aromatic heterocycles. The smallest absolute Gasteiger partial charge is 0.284 e. The summed E-state index contributed by atoms with van der Waals surface area (Å²) in [7, 11) is 0.